The third-order valence-electron chi connectivity index (χ3n) is 3.30. The van der Waals surface area contributed by atoms with Gasteiger partial charge in [0.2, 0.25) is 5.91 Å². The quantitative estimate of drug-likeness (QED) is 0.790. The average Bonchev–Trinajstić information content (AvgIpc) is 2.37. The monoisotopic (exact) mass is 285 g/mol. The van der Waals surface area contributed by atoms with Crippen LogP contribution in [0.25, 0.3) is 0 Å². The van der Waals surface area contributed by atoms with E-state index in [1.807, 2.05) is 11.8 Å². The van der Waals surface area contributed by atoms with Crippen LogP contribution in [0.3, 0.4) is 0 Å². The summed E-state index contributed by atoms with van der Waals surface area (Å²) in [5.41, 5.74) is 1.28. The fourth-order valence-corrected chi connectivity index (χ4v) is 5.43. The number of hydrogen-bond acceptors (Lipinski definition) is 3. The van der Waals surface area contributed by atoms with Crippen LogP contribution in [0.15, 0.2) is 23.8 Å². The first-order valence-corrected chi connectivity index (χ1v) is 8.58. The Balaban J connectivity index is 2.07. The molecular formula is C13H19NO2S2. The van der Waals surface area contributed by atoms with E-state index >= 15 is 0 Å². The van der Waals surface area contributed by atoms with Crippen molar-refractivity contribution in [3.63, 3.8) is 0 Å². The van der Waals surface area contributed by atoms with E-state index in [0.717, 1.165) is 18.6 Å². The minimum atomic E-state index is -1.08. The smallest absolute Gasteiger partial charge is 0.234 e. The molecule has 3 nitrogen and oxygen atoms in total. The molecule has 2 rings (SSSR count). The Kier molecular flexibility index (Phi) is 4.67. The topological polar surface area (TPSA) is 37.4 Å². The molecule has 0 radical (unpaired) electrons. The summed E-state index contributed by atoms with van der Waals surface area (Å²) in [6.45, 7) is 0. The van der Waals surface area contributed by atoms with Crippen molar-refractivity contribution in [2.45, 2.75) is 23.3 Å². The Hall–Kier alpha value is -0.550. The Bertz CT molecular complexity index is 415. The number of allylic oxidation sites excluding steroid dienone is 3. The first kappa shape index (κ1) is 13.9. The molecule has 0 N–H and O–H groups in total. The zero-order valence-electron chi connectivity index (χ0n) is 10.8. The van der Waals surface area contributed by atoms with Gasteiger partial charge in [0.05, 0.1) is 5.25 Å². The molecule has 3 unspecified atom stereocenters. The van der Waals surface area contributed by atoms with Crippen LogP contribution >= 0.6 is 11.8 Å². The molecule has 1 aliphatic heterocycles. The molecule has 0 aromatic rings. The lowest BCUT2D eigenvalue weighted by atomic mass is 9.99. The summed E-state index contributed by atoms with van der Waals surface area (Å²) in [7, 11) is 2.34. The van der Waals surface area contributed by atoms with Gasteiger partial charge in [-0.05, 0) is 24.2 Å². The Morgan fingerprint density at radius 3 is 3.06 bits per heavy atom. The molecule has 0 spiro atoms. The summed E-state index contributed by atoms with van der Waals surface area (Å²) in [6, 6.07) is 0. The number of hydrogen-bond donors (Lipinski definition) is 0. The van der Waals surface area contributed by atoms with Crippen LogP contribution in [0.2, 0.25) is 0 Å². The van der Waals surface area contributed by atoms with Crippen molar-refractivity contribution in [1.29, 1.82) is 0 Å². The fraction of sp³-hybridized carbons (Fsp3) is 0.615. The molecular weight excluding hydrogens is 266 g/mol. The zero-order chi connectivity index (χ0) is 13.1. The van der Waals surface area contributed by atoms with Gasteiger partial charge >= 0.3 is 0 Å². The Morgan fingerprint density at radius 1 is 1.56 bits per heavy atom. The number of carbonyl (C=O) groups is 1. The molecule has 1 amide bonds. The molecule has 1 heterocycles. The highest BCUT2D eigenvalue weighted by Crippen LogP contribution is 2.37. The third-order valence-corrected chi connectivity index (χ3v) is 6.31. The maximum Gasteiger partial charge on any atom is 0.234 e. The Morgan fingerprint density at radius 2 is 2.33 bits per heavy atom. The number of carbonyl (C=O) groups excluding carboxylic acids is 1. The van der Waals surface area contributed by atoms with Gasteiger partial charge in [0.15, 0.2) is 0 Å². The van der Waals surface area contributed by atoms with Gasteiger partial charge in [-0.1, -0.05) is 18.2 Å². The predicted octanol–water partition coefficient (Wildman–Crippen LogP) is 1.58. The largest absolute Gasteiger partial charge is 0.348 e. The summed E-state index contributed by atoms with van der Waals surface area (Å²) >= 11 is 1.94. The van der Waals surface area contributed by atoms with Crippen molar-refractivity contribution in [3.05, 3.63) is 23.8 Å². The molecule has 1 aliphatic carbocycles. The second-order valence-electron chi connectivity index (χ2n) is 4.78. The SMILES string of the molecule is CN(C)C(=O)CS(=O)C1CCSC2CC=CC=C21. The normalized spacial score (nSPS) is 28.2. The fourth-order valence-electron chi connectivity index (χ4n) is 2.22. The summed E-state index contributed by atoms with van der Waals surface area (Å²) in [6.07, 6.45) is 8.27. The second kappa shape index (κ2) is 6.06. The summed E-state index contributed by atoms with van der Waals surface area (Å²) < 4.78 is 12.4. The molecule has 18 heavy (non-hydrogen) atoms. The molecule has 1 saturated heterocycles. The lowest BCUT2D eigenvalue weighted by Crippen LogP contribution is -2.36. The van der Waals surface area contributed by atoms with E-state index in [1.54, 1.807) is 14.1 Å². The molecule has 0 bridgehead atoms. The first-order chi connectivity index (χ1) is 8.59. The van der Waals surface area contributed by atoms with E-state index in [0.29, 0.717) is 5.25 Å². The standard InChI is InChI=1S/C13H19NO2S2/c1-14(2)13(15)9-18(16)12-7-8-17-11-6-4-3-5-10(11)12/h3-5,11-12H,6-9H2,1-2H3. The van der Waals surface area contributed by atoms with Gasteiger partial charge in [-0.15, -0.1) is 0 Å². The highest BCUT2D eigenvalue weighted by atomic mass is 32.2. The third kappa shape index (κ3) is 3.06. The molecule has 3 atom stereocenters. The minimum absolute atomic E-state index is 0.0462. The maximum absolute atomic E-state index is 12.4. The van der Waals surface area contributed by atoms with Crippen molar-refractivity contribution < 1.29 is 9.00 Å². The number of thioether (sulfide) groups is 1. The highest BCUT2D eigenvalue weighted by molar-refractivity contribution is 8.00. The van der Waals surface area contributed by atoms with Gasteiger partial charge in [-0.25, -0.2) is 0 Å². The van der Waals surface area contributed by atoms with Crippen LogP contribution in [-0.2, 0) is 15.6 Å². The van der Waals surface area contributed by atoms with Gasteiger partial charge in [-0.3, -0.25) is 9.00 Å². The first-order valence-electron chi connectivity index (χ1n) is 6.15. The van der Waals surface area contributed by atoms with Gasteiger partial charge in [-0.2, -0.15) is 11.8 Å². The zero-order valence-corrected chi connectivity index (χ0v) is 12.4. The summed E-state index contributed by atoms with van der Waals surface area (Å²) in [5, 5.41) is 0.553. The molecule has 2 aliphatic rings. The van der Waals surface area contributed by atoms with E-state index in [9.17, 15) is 9.00 Å². The van der Waals surface area contributed by atoms with Crippen molar-refractivity contribution in [1.82, 2.24) is 4.90 Å². The van der Waals surface area contributed by atoms with Crippen LogP contribution in [0.5, 0.6) is 0 Å². The van der Waals surface area contributed by atoms with E-state index < -0.39 is 10.8 Å². The van der Waals surface area contributed by atoms with E-state index in [-0.39, 0.29) is 16.9 Å². The Labute approximate surface area is 115 Å². The molecule has 5 heteroatoms. The van der Waals surface area contributed by atoms with Gasteiger partial charge in [0, 0.05) is 30.1 Å². The van der Waals surface area contributed by atoms with Crippen LogP contribution in [0, 0.1) is 0 Å². The lowest BCUT2D eigenvalue weighted by molar-refractivity contribution is -0.125. The van der Waals surface area contributed by atoms with Gasteiger partial charge < -0.3 is 4.90 Å². The molecule has 1 fully saturated rings. The summed E-state index contributed by atoms with van der Waals surface area (Å²) in [5.74, 6) is 1.15. The van der Waals surface area contributed by atoms with Gasteiger partial charge in [0.1, 0.15) is 5.75 Å². The molecule has 0 aromatic heterocycles. The highest BCUT2D eigenvalue weighted by Gasteiger charge is 2.32. The summed E-state index contributed by atoms with van der Waals surface area (Å²) in [4.78, 5) is 13.2. The second-order valence-corrected chi connectivity index (χ2v) is 7.71. The average molecular weight is 285 g/mol. The number of amides is 1. The molecule has 0 aromatic carbocycles. The van der Waals surface area contributed by atoms with Crippen LogP contribution in [-0.4, -0.2) is 51.1 Å². The number of rotatable bonds is 3. The number of nitrogens with zero attached hydrogens (tertiary/aromatic N) is 1. The minimum Gasteiger partial charge on any atom is -0.348 e. The van der Waals surface area contributed by atoms with Crippen molar-refractivity contribution in [2.24, 2.45) is 0 Å². The lowest BCUT2D eigenvalue weighted by Gasteiger charge is -2.32. The number of fused-ring (bicyclic) bond motifs is 1. The van der Waals surface area contributed by atoms with Crippen molar-refractivity contribution in [3.8, 4) is 0 Å². The molecule has 100 valence electrons. The van der Waals surface area contributed by atoms with Crippen LogP contribution in [0.4, 0.5) is 0 Å². The van der Waals surface area contributed by atoms with Gasteiger partial charge in [0.25, 0.3) is 0 Å². The maximum atomic E-state index is 12.4. The molecule has 0 saturated carbocycles. The van der Waals surface area contributed by atoms with E-state index in [4.69, 9.17) is 0 Å². The van der Waals surface area contributed by atoms with Crippen LogP contribution in [0.1, 0.15) is 12.8 Å². The van der Waals surface area contributed by atoms with Crippen molar-refractivity contribution in [2.75, 3.05) is 25.6 Å². The van der Waals surface area contributed by atoms with Crippen molar-refractivity contribution >= 4 is 28.5 Å². The predicted molar refractivity (Wildman–Crippen MR) is 78.2 cm³/mol. The van der Waals surface area contributed by atoms with Crippen LogP contribution < -0.4 is 0 Å². The van der Waals surface area contributed by atoms with E-state index in [2.05, 4.69) is 18.2 Å². The van der Waals surface area contributed by atoms with E-state index in [1.165, 1.54) is 10.5 Å².